The zero-order valence-corrected chi connectivity index (χ0v) is 13.0. The zero-order valence-electron chi connectivity index (χ0n) is 13.0. The first-order valence-electron chi connectivity index (χ1n) is 6.86. The maximum absolute atomic E-state index is 11.6. The number of carboxylic acid groups (broad SMARTS) is 1. The molecule has 0 bridgehead atoms. The molecule has 0 atom stereocenters. The van der Waals surface area contributed by atoms with E-state index in [0.29, 0.717) is 10.9 Å². The summed E-state index contributed by atoms with van der Waals surface area (Å²) in [5, 5.41) is 26.8. The summed E-state index contributed by atoms with van der Waals surface area (Å²) in [6, 6.07) is 6.70. The van der Waals surface area contributed by atoms with Gasteiger partial charge in [-0.15, -0.1) is 5.11 Å². The summed E-state index contributed by atoms with van der Waals surface area (Å²) in [6.45, 7) is 4.64. The van der Waals surface area contributed by atoms with Crippen molar-refractivity contribution >= 4 is 28.7 Å². The molecule has 1 heterocycles. The number of carbonyl (C=O) groups excluding carboxylic acids is 1. The SMILES string of the molecule is CC(C)(C)OC(=O)N=Nc1c(O)n(CC(=O)O)c2ccccc12. The van der Waals surface area contributed by atoms with Crippen LogP contribution in [0.5, 0.6) is 5.88 Å². The fourth-order valence-corrected chi connectivity index (χ4v) is 2.04. The number of carboxylic acids is 1. The van der Waals surface area contributed by atoms with Crippen molar-refractivity contribution in [2.24, 2.45) is 10.2 Å². The molecule has 23 heavy (non-hydrogen) atoms. The molecule has 0 unspecified atom stereocenters. The summed E-state index contributed by atoms with van der Waals surface area (Å²) in [7, 11) is 0. The number of azo groups is 1. The first-order valence-corrected chi connectivity index (χ1v) is 6.86. The summed E-state index contributed by atoms with van der Waals surface area (Å²) >= 11 is 0. The number of fused-ring (bicyclic) bond motifs is 1. The highest BCUT2D eigenvalue weighted by molar-refractivity contribution is 5.95. The van der Waals surface area contributed by atoms with Crippen LogP contribution < -0.4 is 0 Å². The van der Waals surface area contributed by atoms with Crippen LogP contribution >= 0.6 is 0 Å². The first kappa shape index (κ1) is 16.5. The van der Waals surface area contributed by atoms with Crippen LogP contribution in [0.15, 0.2) is 34.5 Å². The Morgan fingerprint density at radius 2 is 1.91 bits per heavy atom. The molecule has 0 saturated heterocycles. The van der Waals surface area contributed by atoms with Crippen molar-refractivity contribution in [2.45, 2.75) is 32.9 Å². The van der Waals surface area contributed by atoms with Gasteiger partial charge in [0.05, 0.1) is 5.52 Å². The van der Waals surface area contributed by atoms with E-state index in [0.717, 1.165) is 0 Å². The molecule has 2 rings (SSSR count). The van der Waals surface area contributed by atoms with Crippen molar-refractivity contribution in [1.82, 2.24) is 4.57 Å². The first-order chi connectivity index (χ1) is 10.7. The van der Waals surface area contributed by atoms with Crippen LogP contribution in [0.3, 0.4) is 0 Å². The lowest BCUT2D eigenvalue weighted by atomic mass is 10.2. The predicted molar refractivity (Wildman–Crippen MR) is 82.0 cm³/mol. The molecule has 1 amide bonds. The molecule has 1 aromatic carbocycles. The van der Waals surface area contributed by atoms with Gasteiger partial charge in [-0.1, -0.05) is 23.3 Å². The lowest BCUT2D eigenvalue weighted by molar-refractivity contribution is -0.137. The number of nitrogens with zero attached hydrogens (tertiary/aromatic N) is 3. The quantitative estimate of drug-likeness (QED) is 0.841. The van der Waals surface area contributed by atoms with E-state index in [4.69, 9.17) is 9.84 Å². The van der Waals surface area contributed by atoms with Gasteiger partial charge in [0.1, 0.15) is 12.1 Å². The minimum atomic E-state index is -1.11. The van der Waals surface area contributed by atoms with Crippen molar-refractivity contribution in [3.8, 4) is 5.88 Å². The number of aliphatic carboxylic acids is 1. The number of ether oxygens (including phenoxy) is 1. The number of rotatable bonds is 3. The third-order valence-electron chi connectivity index (χ3n) is 2.84. The van der Waals surface area contributed by atoms with Crippen LogP contribution in [0.1, 0.15) is 20.8 Å². The van der Waals surface area contributed by atoms with Crippen LogP contribution in [-0.4, -0.2) is 32.4 Å². The monoisotopic (exact) mass is 319 g/mol. The van der Waals surface area contributed by atoms with E-state index in [9.17, 15) is 14.7 Å². The van der Waals surface area contributed by atoms with Gasteiger partial charge in [0.15, 0.2) is 5.69 Å². The van der Waals surface area contributed by atoms with Crippen molar-refractivity contribution in [2.75, 3.05) is 0 Å². The number of hydrogen-bond acceptors (Lipinski definition) is 5. The Bertz CT molecular complexity index is 786. The molecule has 0 spiro atoms. The largest absolute Gasteiger partial charge is 0.493 e. The molecule has 8 heteroatoms. The van der Waals surface area contributed by atoms with Gasteiger partial charge >= 0.3 is 12.1 Å². The third-order valence-corrected chi connectivity index (χ3v) is 2.84. The minimum Gasteiger partial charge on any atom is -0.493 e. The van der Waals surface area contributed by atoms with E-state index in [1.807, 2.05) is 0 Å². The molecule has 0 aliphatic rings. The van der Waals surface area contributed by atoms with E-state index in [2.05, 4.69) is 10.2 Å². The summed E-state index contributed by atoms with van der Waals surface area (Å²) in [6.07, 6.45) is -0.896. The average Bonchev–Trinajstić information content (AvgIpc) is 2.67. The molecule has 2 aromatic rings. The predicted octanol–water partition coefficient (Wildman–Crippen LogP) is 3.45. The van der Waals surface area contributed by atoms with E-state index >= 15 is 0 Å². The van der Waals surface area contributed by atoms with E-state index in [1.54, 1.807) is 45.0 Å². The van der Waals surface area contributed by atoms with Crippen LogP contribution in [0, 0.1) is 0 Å². The van der Waals surface area contributed by atoms with E-state index in [-0.39, 0.29) is 11.6 Å². The Morgan fingerprint density at radius 1 is 1.26 bits per heavy atom. The number of carbonyl (C=O) groups is 2. The van der Waals surface area contributed by atoms with Gasteiger partial charge in [-0.2, -0.15) is 0 Å². The topological polar surface area (TPSA) is 113 Å². The zero-order chi connectivity index (χ0) is 17.2. The second-order valence-corrected chi connectivity index (χ2v) is 5.85. The highest BCUT2D eigenvalue weighted by atomic mass is 16.6. The molecule has 1 aromatic heterocycles. The average molecular weight is 319 g/mol. The van der Waals surface area contributed by atoms with E-state index < -0.39 is 24.2 Å². The Morgan fingerprint density at radius 3 is 2.52 bits per heavy atom. The highest BCUT2D eigenvalue weighted by Crippen LogP contribution is 2.38. The van der Waals surface area contributed by atoms with Crippen molar-refractivity contribution in [1.29, 1.82) is 0 Å². The summed E-state index contributed by atoms with van der Waals surface area (Å²) < 4.78 is 6.18. The molecule has 0 aliphatic carbocycles. The van der Waals surface area contributed by atoms with Gasteiger partial charge in [-0.3, -0.25) is 9.36 Å². The Labute approximate surface area is 132 Å². The normalized spacial score (nSPS) is 12.0. The van der Waals surface area contributed by atoms with Crippen LogP contribution in [0.2, 0.25) is 0 Å². The number of aromatic nitrogens is 1. The lowest BCUT2D eigenvalue weighted by Crippen LogP contribution is -2.21. The second kappa shape index (κ2) is 6.07. The van der Waals surface area contributed by atoms with Gasteiger partial charge in [0.25, 0.3) is 0 Å². The minimum absolute atomic E-state index is 0.0210. The summed E-state index contributed by atoms with van der Waals surface area (Å²) in [5.74, 6) is -1.49. The number of amides is 1. The van der Waals surface area contributed by atoms with Gasteiger partial charge in [0.2, 0.25) is 5.88 Å². The Kier molecular flexibility index (Phi) is 4.35. The molecule has 8 nitrogen and oxygen atoms in total. The maximum Gasteiger partial charge on any atom is 0.452 e. The van der Waals surface area contributed by atoms with Crippen LogP contribution in [0.25, 0.3) is 10.9 Å². The third kappa shape index (κ3) is 3.85. The molecular formula is C15H17N3O5. The van der Waals surface area contributed by atoms with Gasteiger partial charge < -0.3 is 14.9 Å². The summed E-state index contributed by atoms with van der Waals surface area (Å²) in [5.41, 5.74) is -0.214. The maximum atomic E-state index is 11.6. The smallest absolute Gasteiger partial charge is 0.452 e. The van der Waals surface area contributed by atoms with Crippen LogP contribution in [0.4, 0.5) is 10.5 Å². The molecule has 0 fully saturated rings. The number of aromatic hydroxyl groups is 1. The Hall–Kier alpha value is -2.90. The number of hydrogen-bond donors (Lipinski definition) is 2. The molecular weight excluding hydrogens is 302 g/mol. The van der Waals surface area contributed by atoms with Crippen molar-refractivity contribution in [3.63, 3.8) is 0 Å². The molecule has 2 N–H and O–H groups in total. The van der Waals surface area contributed by atoms with Crippen molar-refractivity contribution < 1.29 is 24.5 Å². The fourth-order valence-electron chi connectivity index (χ4n) is 2.04. The highest BCUT2D eigenvalue weighted by Gasteiger charge is 2.19. The lowest BCUT2D eigenvalue weighted by Gasteiger charge is -2.16. The molecule has 0 saturated carbocycles. The second-order valence-electron chi connectivity index (χ2n) is 5.85. The molecule has 0 aliphatic heterocycles. The number of benzene rings is 1. The van der Waals surface area contributed by atoms with Gasteiger partial charge in [-0.05, 0) is 26.8 Å². The Balaban J connectivity index is 2.43. The van der Waals surface area contributed by atoms with Gasteiger partial charge in [0, 0.05) is 5.39 Å². The van der Waals surface area contributed by atoms with E-state index in [1.165, 1.54) is 4.57 Å². The molecule has 0 radical (unpaired) electrons. The van der Waals surface area contributed by atoms with Crippen LogP contribution in [-0.2, 0) is 16.1 Å². The fraction of sp³-hybridized carbons (Fsp3) is 0.333. The summed E-state index contributed by atoms with van der Waals surface area (Å²) in [4.78, 5) is 22.5. The van der Waals surface area contributed by atoms with Gasteiger partial charge in [-0.25, -0.2) is 4.79 Å². The molecule has 122 valence electrons. The number of para-hydroxylation sites is 1. The standard InChI is InChI=1S/C15H17N3O5/c1-15(2,3)23-14(22)17-16-12-9-6-4-5-7-10(9)18(13(12)21)8-11(19)20/h4-7,21H,8H2,1-3H3,(H,19,20). The van der Waals surface area contributed by atoms with Crippen molar-refractivity contribution in [3.05, 3.63) is 24.3 Å².